The predicted octanol–water partition coefficient (Wildman–Crippen LogP) is 2.01. The summed E-state index contributed by atoms with van der Waals surface area (Å²) in [6.45, 7) is 0.280. The molecule has 1 amide bonds. The second-order valence-corrected chi connectivity index (χ2v) is 5.39. The number of ether oxygens (including phenoxy) is 1. The number of carbonyl (C=O) groups excluding carboxylic acids is 1. The van der Waals surface area contributed by atoms with Crippen LogP contribution in [0.2, 0.25) is 0 Å². The number of aliphatic hydroxyl groups excluding tert-OH is 1. The average Bonchev–Trinajstić information content (AvgIpc) is 2.85. The third-order valence-corrected chi connectivity index (χ3v) is 3.86. The Labute approximate surface area is 126 Å². The van der Waals surface area contributed by atoms with Crippen LogP contribution >= 0.6 is 0 Å². The molecular formula is C15H18F3NO3. The number of methoxy groups -OCH3 is 1. The second-order valence-electron chi connectivity index (χ2n) is 5.39. The monoisotopic (exact) mass is 317 g/mol. The van der Waals surface area contributed by atoms with E-state index in [4.69, 9.17) is 4.74 Å². The van der Waals surface area contributed by atoms with E-state index in [1.54, 1.807) is 19.2 Å². The van der Waals surface area contributed by atoms with Crippen molar-refractivity contribution in [3.05, 3.63) is 29.8 Å². The van der Waals surface area contributed by atoms with Crippen molar-refractivity contribution in [2.75, 3.05) is 20.2 Å². The molecule has 0 unspecified atom stereocenters. The van der Waals surface area contributed by atoms with E-state index in [-0.39, 0.29) is 18.9 Å². The molecule has 0 bridgehead atoms. The van der Waals surface area contributed by atoms with E-state index < -0.39 is 18.2 Å². The van der Waals surface area contributed by atoms with Crippen LogP contribution in [-0.2, 0) is 11.2 Å². The van der Waals surface area contributed by atoms with Gasteiger partial charge in [0.15, 0.2) is 6.10 Å². The maximum absolute atomic E-state index is 12.5. The summed E-state index contributed by atoms with van der Waals surface area (Å²) in [6.07, 6.45) is -6.84. The number of aliphatic hydroxyl groups is 1. The highest BCUT2D eigenvalue weighted by molar-refractivity contribution is 5.78. The summed E-state index contributed by atoms with van der Waals surface area (Å²) in [7, 11) is 1.56. The van der Waals surface area contributed by atoms with E-state index in [0.717, 1.165) is 11.3 Å². The maximum Gasteiger partial charge on any atom is 0.414 e. The van der Waals surface area contributed by atoms with Crippen molar-refractivity contribution in [2.24, 2.45) is 5.92 Å². The van der Waals surface area contributed by atoms with Crippen molar-refractivity contribution >= 4 is 5.91 Å². The zero-order valence-corrected chi connectivity index (χ0v) is 12.1. The Morgan fingerprint density at radius 2 is 2.00 bits per heavy atom. The highest BCUT2D eigenvalue weighted by Crippen LogP contribution is 2.31. The van der Waals surface area contributed by atoms with Gasteiger partial charge in [-0.25, -0.2) is 0 Å². The number of hydrogen-bond acceptors (Lipinski definition) is 3. The molecule has 2 atom stereocenters. The van der Waals surface area contributed by atoms with Crippen LogP contribution in [0, 0.1) is 5.92 Å². The predicted molar refractivity (Wildman–Crippen MR) is 73.4 cm³/mol. The molecule has 0 aliphatic carbocycles. The Hall–Kier alpha value is -1.76. The lowest BCUT2D eigenvalue weighted by Gasteiger charge is -2.21. The number of alkyl halides is 3. The molecule has 7 heteroatoms. The third-order valence-electron chi connectivity index (χ3n) is 3.86. The maximum atomic E-state index is 12.5. The number of hydrogen-bond donors (Lipinski definition) is 1. The van der Waals surface area contributed by atoms with Gasteiger partial charge >= 0.3 is 6.18 Å². The number of nitrogens with zero attached hydrogens (tertiary/aromatic N) is 1. The molecule has 122 valence electrons. The fourth-order valence-electron chi connectivity index (χ4n) is 2.55. The van der Waals surface area contributed by atoms with Crippen LogP contribution in [0.1, 0.15) is 12.0 Å². The number of carbonyl (C=O) groups is 1. The topological polar surface area (TPSA) is 49.8 Å². The van der Waals surface area contributed by atoms with Gasteiger partial charge in [0.25, 0.3) is 0 Å². The molecule has 1 fully saturated rings. The first-order valence-electron chi connectivity index (χ1n) is 6.96. The summed E-state index contributed by atoms with van der Waals surface area (Å²) in [5.74, 6) is -0.709. The van der Waals surface area contributed by atoms with Gasteiger partial charge in [0.1, 0.15) is 5.75 Å². The molecular weight excluding hydrogens is 299 g/mol. The van der Waals surface area contributed by atoms with Crippen LogP contribution in [0.4, 0.5) is 13.2 Å². The second kappa shape index (κ2) is 6.56. The molecule has 0 radical (unpaired) electrons. The Balaban J connectivity index is 1.89. The normalized spacial score (nSPS) is 20.3. The lowest BCUT2D eigenvalue weighted by molar-refractivity contribution is -0.217. The Morgan fingerprint density at radius 1 is 1.36 bits per heavy atom. The van der Waals surface area contributed by atoms with Crippen molar-refractivity contribution in [3.63, 3.8) is 0 Å². The van der Waals surface area contributed by atoms with Crippen LogP contribution in [-0.4, -0.2) is 48.4 Å². The molecule has 4 nitrogen and oxygen atoms in total. The molecule has 1 saturated heterocycles. The van der Waals surface area contributed by atoms with Crippen LogP contribution in [0.15, 0.2) is 24.3 Å². The minimum Gasteiger partial charge on any atom is -0.497 e. The van der Waals surface area contributed by atoms with Gasteiger partial charge < -0.3 is 14.7 Å². The van der Waals surface area contributed by atoms with Crippen molar-refractivity contribution in [2.45, 2.75) is 25.1 Å². The Morgan fingerprint density at radius 3 is 2.55 bits per heavy atom. The first kappa shape index (κ1) is 16.6. The average molecular weight is 317 g/mol. The highest BCUT2D eigenvalue weighted by Gasteiger charge is 2.47. The van der Waals surface area contributed by atoms with Gasteiger partial charge in [-0.1, -0.05) is 12.1 Å². The van der Waals surface area contributed by atoms with E-state index in [0.29, 0.717) is 13.0 Å². The molecule has 2 rings (SSSR count). The van der Waals surface area contributed by atoms with Crippen LogP contribution in [0.3, 0.4) is 0 Å². The largest absolute Gasteiger partial charge is 0.497 e. The fourth-order valence-corrected chi connectivity index (χ4v) is 2.55. The zero-order valence-electron chi connectivity index (χ0n) is 12.1. The minimum absolute atomic E-state index is 0.0599. The molecule has 1 heterocycles. The van der Waals surface area contributed by atoms with Crippen LogP contribution in [0.25, 0.3) is 0 Å². The molecule has 0 saturated carbocycles. The van der Waals surface area contributed by atoms with Gasteiger partial charge in [0.2, 0.25) is 5.91 Å². The summed E-state index contributed by atoms with van der Waals surface area (Å²) in [5, 5.41) is 9.25. The molecule has 1 N–H and O–H groups in total. The van der Waals surface area contributed by atoms with Gasteiger partial charge in [0.05, 0.1) is 7.11 Å². The molecule has 1 aliphatic rings. The van der Waals surface area contributed by atoms with E-state index in [2.05, 4.69) is 0 Å². The van der Waals surface area contributed by atoms with Crippen molar-refractivity contribution in [1.82, 2.24) is 4.90 Å². The minimum atomic E-state index is -4.68. The fraction of sp³-hybridized carbons (Fsp3) is 0.533. The van der Waals surface area contributed by atoms with E-state index in [9.17, 15) is 23.1 Å². The van der Waals surface area contributed by atoms with Gasteiger partial charge in [-0.2, -0.15) is 13.2 Å². The number of amides is 1. The Bertz CT molecular complexity index is 516. The standard InChI is InChI=1S/C15H18F3NO3/c1-22-12-4-2-10(3-5-12)6-7-19-9-11(8-13(19)20)14(21)15(16,17)18/h2-5,11,14,21H,6-9H2,1H3/t11-,14+/m1/s1. The number of likely N-dealkylation sites (tertiary alicyclic amines) is 1. The smallest absolute Gasteiger partial charge is 0.414 e. The molecule has 1 aromatic carbocycles. The lowest BCUT2D eigenvalue weighted by Crippen LogP contribution is -2.37. The number of rotatable bonds is 5. The third kappa shape index (κ3) is 3.91. The molecule has 22 heavy (non-hydrogen) atoms. The van der Waals surface area contributed by atoms with Crippen LogP contribution in [0.5, 0.6) is 5.75 Å². The highest BCUT2D eigenvalue weighted by atomic mass is 19.4. The number of halogens is 3. The van der Waals surface area contributed by atoms with Crippen molar-refractivity contribution < 1.29 is 27.8 Å². The molecule has 1 aromatic rings. The first-order chi connectivity index (χ1) is 10.3. The summed E-state index contributed by atoms with van der Waals surface area (Å²) in [5.41, 5.74) is 0.966. The van der Waals surface area contributed by atoms with Crippen molar-refractivity contribution in [1.29, 1.82) is 0 Å². The summed E-state index contributed by atoms with van der Waals surface area (Å²) in [6, 6.07) is 7.28. The van der Waals surface area contributed by atoms with E-state index in [1.165, 1.54) is 4.90 Å². The zero-order chi connectivity index (χ0) is 16.3. The molecule has 0 spiro atoms. The summed E-state index contributed by atoms with van der Waals surface area (Å²) in [4.78, 5) is 13.1. The number of benzene rings is 1. The van der Waals surface area contributed by atoms with Gasteiger partial charge in [-0.05, 0) is 24.1 Å². The molecule has 0 aromatic heterocycles. The van der Waals surface area contributed by atoms with E-state index in [1.807, 2.05) is 12.1 Å². The summed E-state index contributed by atoms with van der Waals surface area (Å²) < 4.78 is 42.5. The summed E-state index contributed by atoms with van der Waals surface area (Å²) >= 11 is 0. The quantitative estimate of drug-likeness (QED) is 0.904. The van der Waals surface area contributed by atoms with Gasteiger partial charge in [-0.3, -0.25) is 4.79 Å². The SMILES string of the molecule is COc1ccc(CCN2C[C@H]([C@H](O)C(F)(F)F)CC2=O)cc1. The van der Waals surface area contributed by atoms with Crippen molar-refractivity contribution in [3.8, 4) is 5.75 Å². The van der Waals surface area contributed by atoms with E-state index >= 15 is 0 Å². The first-order valence-corrected chi connectivity index (χ1v) is 6.96. The van der Waals surface area contributed by atoms with Crippen LogP contribution < -0.4 is 4.74 Å². The van der Waals surface area contributed by atoms with Gasteiger partial charge in [-0.15, -0.1) is 0 Å². The Kier molecular flexibility index (Phi) is 4.95. The van der Waals surface area contributed by atoms with Gasteiger partial charge in [0, 0.05) is 25.4 Å². The molecule has 1 aliphatic heterocycles. The lowest BCUT2D eigenvalue weighted by atomic mass is 10.0.